The van der Waals surface area contributed by atoms with Gasteiger partial charge in [-0.3, -0.25) is 10.1 Å². The number of nitrogens with zero attached hydrogens (tertiary/aromatic N) is 1. The summed E-state index contributed by atoms with van der Waals surface area (Å²) in [5, 5.41) is 10.3. The minimum atomic E-state index is -4.80. The molecule has 0 radical (unpaired) electrons. The molecule has 0 fully saturated rings. The SMILES string of the molecule is O=[N+]([O-])c1cc(C(F)(F)F)c(Cl)cc1Oc1cccc(Br)c1. The largest absolute Gasteiger partial charge is 0.450 e. The highest BCUT2D eigenvalue weighted by Gasteiger charge is 2.36. The predicted molar refractivity (Wildman–Crippen MR) is 77.3 cm³/mol. The van der Waals surface area contributed by atoms with Crippen molar-refractivity contribution in [1.29, 1.82) is 0 Å². The van der Waals surface area contributed by atoms with Crippen molar-refractivity contribution in [3.8, 4) is 11.5 Å². The van der Waals surface area contributed by atoms with Crippen LogP contribution in [0.1, 0.15) is 5.56 Å². The van der Waals surface area contributed by atoms with E-state index in [1.165, 1.54) is 12.1 Å². The Morgan fingerprint density at radius 2 is 1.91 bits per heavy atom. The summed E-state index contributed by atoms with van der Waals surface area (Å²) in [6.07, 6.45) is -4.80. The number of nitro benzene ring substituents is 1. The molecule has 0 bridgehead atoms. The van der Waals surface area contributed by atoms with Crippen molar-refractivity contribution < 1.29 is 22.8 Å². The van der Waals surface area contributed by atoms with Crippen LogP contribution in [0.25, 0.3) is 0 Å². The van der Waals surface area contributed by atoms with Crippen molar-refractivity contribution >= 4 is 33.2 Å². The molecule has 0 saturated carbocycles. The average Bonchev–Trinajstić information content (AvgIpc) is 2.36. The standard InChI is InChI=1S/C13H6BrClF3NO3/c14-7-2-1-3-8(4-7)22-12-6-10(15)9(13(16,17)18)5-11(12)19(20)21/h1-6H. The van der Waals surface area contributed by atoms with Crippen molar-refractivity contribution in [1.82, 2.24) is 0 Å². The van der Waals surface area contributed by atoms with Crippen molar-refractivity contribution in [2.75, 3.05) is 0 Å². The Labute approximate surface area is 135 Å². The van der Waals surface area contributed by atoms with Crippen LogP contribution >= 0.6 is 27.5 Å². The quantitative estimate of drug-likeness (QED) is 0.485. The molecule has 0 N–H and O–H groups in total. The van der Waals surface area contributed by atoms with Gasteiger partial charge in [0.05, 0.1) is 15.5 Å². The summed E-state index contributed by atoms with van der Waals surface area (Å²) >= 11 is 8.74. The molecule has 116 valence electrons. The summed E-state index contributed by atoms with van der Waals surface area (Å²) in [4.78, 5) is 10.0. The van der Waals surface area contributed by atoms with E-state index in [1.807, 2.05) is 0 Å². The lowest BCUT2D eigenvalue weighted by Gasteiger charge is -2.12. The fraction of sp³-hybridized carbons (Fsp3) is 0.0769. The second-order valence-electron chi connectivity index (χ2n) is 4.11. The second kappa shape index (κ2) is 6.13. The first kappa shape index (κ1) is 16.6. The Balaban J connectivity index is 2.51. The highest BCUT2D eigenvalue weighted by Crippen LogP contribution is 2.42. The summed E-state index contributed by atoms with van der Waals surface area (Å²) in [6.45, 7) is 0. The van der Waals surface area contributed by atoms with Gasteiger partial charge in [-0.2, -0.15) is 13.2 Å². The van der Waals surface area contributed by atoms with Gasteiger partial charge in [-0.25, -0.2) is 0 Å². The Morgan fingerprint density at radius 3 is 2.45 bits per heavy atom. The lowest BCUT2D eigenvalue weighted by molar-refractivity contribution is -0.385. The Bertz CT molecular complexity index is 737. The van der Waals surface area contributed by atoms with Gasteiger partial charge >= 0.3 is 11.9 Å². The van der Waals surface area contributed by atoms with Gasteiger partial charge in [-0.1, -0.05) is 33.6 Å². The minimum Gasteiger partial charge on any atom is -0.450 e. The van der Waals surface area contributed by atoms with E-state index >= 15 is 0 Å². The topological polar surface area (TPSA) is 52.4 Å². The third-order valence-corrected chi connectivity index (χ3v) is 3.38. The lowest BCUT2D eigenvalue weighted by atomic mass is 10.1. The van der Waals surface area contributed by atoms with Crippen molar-refractivity contribution in [3.63, 3.8) is 0 Å². The first-order valence-corrected chi connectivity index (χ1v) is 6.84. The molecule has 9 heteroatoms. The van der Waals surface area contributed by atoms with E-state index in [0.717, 1.165) is 6.07 Å². The number of hydrogen-bond acceptors (Lipinski definition) is 3. The Morgan fingerprint density at radius 1 is 1.23 bits per heavy atom. The Hall–Kier alpha value is -1.80. The minimum absolute atomic E-state index is 0.216. The zero-order valence-electron chi connectivity index (χ0n) is 10.5. The third-order valence-electron chi connectivity index (χ3n) is 2.57. The van der Waals surface area contributed by atoms with Crippen LogP contribution in [-0.2, 0) is 6.18 Å². The van der Waals surface area contributed by atoms with Crippen LogP contribution in [-0.4, -0.2) is 4.92 Å². The smallest absolute Gasteiger partial charge is 0.418 e. The summed E-state index contributed by atoms with van der Waals surface area (Å²) in [6, 6.07) is 7.45. The third kappa shape index (κ3) is 3.69. The highest BCUT2D eigenvalue weighted by atomic mass is 79.9. The zero-order valence-corrected chi connectivity index (χ0v) is 12.9. The molecule has 0 spiro atoms. The number of ether oxygens (including phenoxy) is 1. The number of nitro groups is 1. The van der Waals surface area contributed by atoms with E-state index in [9.17, 15) is 23.3 Å². The molecule has 2 aromatic rings. The van der Waals surface area contributed by atoms with Crippen molar-refractivity contribution in [2.45, 2.75) is 6.18 Å². The summed E-state index contributed by atoms with van der Waals surface area (Å²) in [7, 11) is 0. The fourth-order valence-electron chi connectivity index (χ4n) is 1.64. The maximum Gasteiger partial charge on any atom is 0.418 e. The molecular weight excluding hydrogens is 390 g/mol. The van der Waals surface area contributed by atoms with E-state index in [1.54, 1.807) is 12.1 Å². The van der Waals surface area contributed by atoms with Gasteiger partial charge in [-0.05, 0) is 18.2 Å². The number of alkyl halides is 3. The maximum absolute atomic E-state index is 12.7. The lowest BCUT2D eigenvalue weighted by Crippen LogP contribution is -2.07. The first-order chi connectivity index (χ1) is 10.2. The van der Waals surface area contributed by atoms with Crippen LogP contribution in [0, 0.1) is 10.1 Å². The molecule has 0 amide bonds. The van der Waals surface area contributed by atoms with Crippen LogP contribution in [0.15, 0.2) is 40.9 Å². The molecule has 4 nitrogen and oxygen atoms in total. The van der Waals surface area contributed by atoms with Gasteiger partial charge in [-0.15, -0.1) is 0 Å². The number of rotatable bonds is 3. The summed E-state index contributed by atoms with van der Waals surface area (Å²) in [5.41, 5.74) is -2.11. The van der Waals surface area contributed by atoms with E-state index < -0.39 is 27.4 Å². The monoisotopic (exact) mass is 395 g/mol. The first-order valence-electron chi connectivity index (χ1n) is 5.67. The zero-order chi connectivity index (χ0) is 16.5. The van der Waals surface area contributed by atoms with Crippen LogP contribution in [0.3, 0.4) is 0 Å². The van der Waals surface area contributed by atoms with Crippen molar-refractivity contribution in [3.05, 3.63) is 61.6 Å². The van der Waals surface area contributed by atoms with Crippen LogP contribution < -0.4 is 4.74 Å². The van der Waals surface area contributed by atoms with Gasteiger partial charge in [0.1, 0.15) is 5.75 Å². The van der Waals surface area contributed by atoms with Crippen LogP contribution in [0.5, 0.6) is 11.5 Å². The molecule has 0 aliphatic rings. The summed E-state index contributed by atoms with van der Waals surface area (Å²) < 4.78 is 44.2. The van der Waals surface area contributed by atoms with Crippen molar-refractivity contribution in [2.24, 2.45) is 0 Å². The van der Waals surface area contributed by atoms with E-state index in [0.29, 0.717) is 10.5 Å². The number of hydrogen-bond donors (Lipinski definition) is 0. The average molecular weight is 397 g/mol. The molecule has 22 heavy (non-hydrogen) atoms. The van der Waals surface area contributed by atoms with Gasteiger partial charge < -0.3 is 4.74 Å². The molecule has 2 aromatic carbocycles. The van der Waals surface area contributed by atoms with Gasteiger partial charge in [0.2, 0.25) is 5.75 Å². The molecule has 0 atom stereocenters. The molecule has 0 unspecified atom stereocenters. The Kier molecular flexibility index (Phi) is 4.62. The van der Waals surface area contributed by atoms with Gasteiger partial charge in [0.25, 0.3) is 0 Å². The molecule has 0 aliphatic heterocycles. The summed E-state index contributed by atoms with van der Waals surface area (Å²) in [5.74, 6) is -0.158. The molecule has 2 rings (SSSR count). The number of halogens is 5. The van der Waals surface area contributed by atoms with Gasteiger partial charge in [0, 0.05) is 16.6 Å². The number of benzene rings is 2. The molecule has 0 aliphatic carbocycles. The van der Waals surface area contributed by atoms with E-state index in [-0.39, 0.29) is 11.5 Å². The second-order valence-corrected chi connectivity index (χ2v) is 5.44. The fourth-order valence-corrected chi connectivity index (χ4v) is 2.28. The normalized spacial score (nSPS) is 11.3. The van der Waals surface area contributed by atoms with E-state index in [2.05, 4.69) is 15.9 Å². The molecule has 0 heterocycles. The van der Waals surface area contributed by atoms with Gasteiger partial charge in [0.15, 0.2) is 0 Å². The highest BCUT2D eigenvalue weighted by molar-refractivity contribution is 9.10. The molecular formula is C13H6BrClF3NO3. The van der Waals surface area contributed by atoms with E-state index in [4.69, 9.17) is 16.3 Å². The van der Waals surface area contributed by atoms with Crippen LogP contribution in [0.2, 0.25) is 5.02 Å². The molecule has 0 aromatic heterocycles. The molecule has 0 saturated heterocycles. The predicted octanol–water partition coefficient (Wildman–Crippen LogP) is 5.82. The maximum atomic E-state index is 12.7. The van der Waals surface area contributed by atoms with Crippen LogP contribution in [0.4, 0.5) is 18.9 Å².